The fourth-order valence-electron chi connectivity index (χ4n) is 2.87. The highest BCUT2D eigenvalue weighted by Gasteiger charge is 2.26. The van der Waals surface area contributed by atoms with Gasteiger partial charge in [0.05, 0.1) is 36.8 Å². The Labute approximate surface area is 164 Å². The average molecular weight is 413 g/mol. The molecule has 0 aromatic carbocycles. The summed E-state index contributed by atoms with van der Waals surface area (Å²) in [6.07, 6.45) is 1.74. The Balaban J connectivity index is 2.28. The first-order valence-electron chi connectivity index (χ1n) is 9.17. The molecule has 2 heterocycles. The topological polar surface area (TPSA) is 145 Å². The molecule has 0 aliphatic rings. The fraction of sp³-hybridized carbons (Fsp3) is 0.588. The van der Waals surface area contributed by atoms with Gasteiger partial charge < -0.3 is 29.8 Å². The number of nitrogen functional groups attached to an aromatic ring is 1. The molecule has 28 heavy (non-hydrogen) atoms. The van der Waals surface area contributed by atoms with Crippen LogP contribution in [0.25, 0.3) is 11.0 Å². The zero-order valence-corrected chi connectivity index (χ0v) is 17.6. The van der Waals surface area contributed by atoms with Crippen molar-refractivity contribution in [3.8, 4) is 0 Å². The Morgan fingerprint density at radius 1 is 1.25 bits per heavy atom. The van der Waals surface area contributed by atoms with Crippen molar-refractivity contribution in [2.75, 3.05) is 25.3 Å². The summed E-state index contributed by atoms with van der Waals surface area (Å²) in [5.74, 6) is 0.0572. The maximum atomic E-state index is 12.6. The highest BCUT2D eigenvalue weighted by Crippen LogP contribution is 2.48. The van der Waals surface area contributed by atoms with Crippen LogP contribution in [0.2, 0.25) is 0 Å². The molecule has 1 atom stereocenters. The van der Waals surface area contributed by atoms with Crippen LogP contribution >= 0.6 is 7.60 Å². The summed E-state index contributed by atoms with van der Waals surface area (Å²) in [7, 11) is -3.32. The molecule has 0 spiro atoms. The molecule has 0 aliphatic heterocycles. The van der Waals surface area contributed by atoms with Crippen molar-refractivity contribution in [2.24, 2.45) is 5.73 Å². The van der Waals surface area contributed by atoms with E-state index in [1.165, 1.54) is 0 Å². The largest absolute Gasteiger partial charge is 0.383 e. The van der Waals surface area contributed by atoms with E-state index in [0.717, 1.165) is 0 Å². The summed E-state index contributed by atoms with van der Waals surface area (Å²) < 4.78 is 30.7. The van der Waals surface area contributed by atoms with Crippen molar-refractivity contribution in [1.29, 1.82) is 0 Å². The van der Waals surface area contributed by atoms with Gasteiger partial charge in [-0.3, -0.25) is 9.36 Å². The van der Waals surface area contributed by atoms with E-state index >= 15 is 0 Å². The maximum absolute atomic E-state index is 12.6. The number of ether oxygens (including phenoxy) is 1. The smallest absolute Gasteiger partial charge is 0.356 e. The van der Waals surface area contributed by atoms with E-state index in [4.69, 9.17) is 25.3 Å². The number of fused-ring (bicyclic) bond motifs is 1. The lowest BCUT2D eigenvalue weighted by Gasteiger charge is -2.22. The number of carbonyl (C=O) groups is 1. The third-order valence-corrected chi connectivity index (χ3v) is 5.87. The molecule has 4 N–H and O–H groups in total. The Kier molecular flexibility index (Phi) is 7.54. The highest BCUT2D eigenvalue weighted by molar-refractivity contribution is 7.53. The predicted octanol–water partition coefficient (Wildman–Crippen LogP) is 2.44. The number of nitrogens with two attached hydrogens (primary N) is 2. The molecule has 1 amide bonds. The predicted molar refractivity (Wildman–Crippen MR) is 106 cm³/mol. The molecule has 11 heteroatoms. The van der Waals surface area contributed by atoms with Crippen molar-refractivity contribution in [2.45, 2.75) is 46.8 Å². The van der Waals surface area contributed by atoms with Crippen LogP contribution in [0.15, 0.2) is 6.20 Å². The first-order valence-corrected chi connectivity index (χ1v) is 10.9. The van der Waals surface area contributed by atoms with Crippen molar-refractivity contribution < 1.29 is 23.1 Å². The molecular formula is C17H28N5O5P. The fourth-order valence-corrected chi connectivity index (χ4v) is 4.28. The van der Waals surface area contributed by atoms with E-state index in [9.17, 15) is 9.36 Å². The van der Waals surface area contributed by atoms with E-state index in [1.54, 1.807) is 31.5 Å². The van der Waals surface area contributed by atoms with Crippen molar-refractivity contribution >= 4 is 30.4 Å². The Morgan fingerprint density at radius 3 is 2.43 bits per heavy atom. The van der Waals surface area contributed by atoms with Crippen LogP contribution in [0.5, 0.6) is 0 Å². The molecule has 0 fully saturated rings. The van der Waals surface area contributed by atoms with Crippen LogP contribution in [0.1, 0.15) is 43.4 Å². The number of carbonyl (C=O) groups excluding carboxylic acids is 1. The molecule has 0 saturated carbocycles. The van der Waals surface area contributed by atoms with Crippen molar-refractivity contribution in [1.82, 2.24) is 14.5 Å². The van der Waals surface area contributed by atoms with Crippen LogP contribution in [-0.4, -0.2) is 46.1 Å². The number of rotatable bonds is 11. The average Bonchev–Trinajstić information content (AvgIpc) is 2.98. The molecule has 0 aliphatic carbocycles. The van der Waals surface area contributed by atoms with Gasteiger partial charge in [-0.05, 0) is 27.2 Å². The highest BCUT2D eigenvalue weighted by atomic mass is 31.2. The number of anilines is 1. The lowest BCUT2D eigenvalue weighted by molar-refractivity contribution is 0.0528. The summed E-state index contributed by atoms with van der Waals surface area (Å²) in [5.41, 5.74) is 12.2. The van der Waals surface area contributed by atoms with Gasteiger partial charge in [0, 0.05) is 6.20 Å². The second-order valence-corrected chi connectivity index (χ2v) is 8.18. The van der Waals surface area contributed by atoms with Crippen molar-refractivity contribution in [3.05, 3.63) is 17.6 Å². The van der Waals surface area contributed by atoms with Gasteiger partial charge in [-0.1, -0.05) is 6.92 Å². The van der Waals surface area contributed by atoms with Crippen LogP contribution in [0, 0.1) is 6.92 Å². The normalized spacial score (nSPS) is 13.1. The van der Waals surface area contributed by atoms with Crippen LogP contribution in [0.4, 0.5) is 5.82 Å². The Morgan fingerprint density at radius 2 is 1.89 bits per heavy atom. The molecular weight excluding hydrogens is 385 g/mol. The minimum atomic E-state index is -3.32. The number of hydrogen-bond donors (Lipinski definition) is 2. The number of aromatic nitrogens is 3. The number of aryl methyl sites for hydroxylation is 1. The quantitative estimate of drug-likeness (QED) is 0.534. The number of amides is 1. The van der Waals surface area contributed by atoms with Gasteiger partial charge in [-0.2, -0.15) is 0 Å². The van der Waals surface area contributed by atoms with Gasteiger partial charge in [-0.25, -0.2) is 9.97 Å². The summed E-state index contributed by atoms with van der Waals surface area (Å²) in [6, 6.07) is 0. The molecule has 2 aromatic heterocycles. The van der Waals surface area contributed by atoms with E-state index in [2.05, 4.69) is 9.97 Å². The van der Waals surface area contributed by atoms with Gasteiger partial charge in [0.1, 0.15) is 23.6 Å². The SMILES string of the molecule is CCOP(=O)(CO[C@H](CC)Cn1cc(C(N)=O)c2c(N)nc(C)nc21)OCC. The second kappa shape index (κ2) is 9.47. The second-order valence-electron chi connectivity index (χ2n) is 6.19. The first-order chi connectivity index (χ1) is 13.2. The van der Waals surface area contributed by atoms with Crippen LogP contribution in [-0.2, 0) is 24.9 Å². The van der Waals surface area contributed by atoms with Gasteiger partial charge in [0.25, 0.3) is 5.91 Å². The van der Waals surface area contributed by atoms with E-state index < -0.39 is 13.5 Å². The summed E-state index contributed by atoms with van der Waals surface area (Å²) >= 11 is 0. The molecule has 0 radical (unpaired) electrons. The number of primary amides is 1. The molecule has 2 rings (SSSR count). The van der Waals surface area contributed by atoms with Crippen LogP contribution < -0.4 is 11.5 Å². The Bertz CT molecular complexity index is 874. The Hall–Kier alpha value is -2.00. The van der Waals surface area contributed by atoms with Crippen molar-refractivity contribution in [3.63, 3.8) is 0 Å². The molecule has 2 aromatic rings. The standard InChI is InChI=1S/C17H28N5O5P/c1-5-12(25-10-28(24,26-6-2)27-7-3)8-22-9-13(16(19)23)14-15(18)20-11(4)21-17(14)22/h9,12H,5-8,10H2,1-4H3,(H2,19,23)(H2,18,20,21)/t12-/m1/s1. The van der Waals surface area contributed by atoms with Crippen LogP contribution in [0.3, 0.4) is 0 Å². The third kappa shape index (κ3) is 5.08. The summed E-state index contributed by atoms with van der Waals surface area (Å²) in [5, 5.41) is 0.419. The van der Waals surface area contributed by atoms with Gasteiger partial charge in [0.15, 0.2) is 0 Å². The zero-order chi connectivity index (χ0) is 20.9. The molecule has 10 nitrogen and oxygen atoms in total. The number of nitrogens with zero attached hydrogens (tertiary/aromatic N) is 3. The zero-order valence-electron chi connectivity index (χ0n) is 16.7. The molecule has 0 bridgehead atoms. The minimum absolute atomic E-state index is 0.161. The summed E-state index contributed by atoms with van der Waals surface area (Å²) in [4.78, 5) is 20.3. The van der Waals surface area contributed by atoms with Gasteiger partial charge in [0.2, 0.25) is 0 Å². The number of hydrogen-bond acceptors (Lipinski definition) is 8. The molecule has 0 saturated heterocycles. The van der Waals surface area contributed by atoms with Gasteiger partial charge >= 0.3 is 7.60 Å². The van der Waals surface area contributed by atoms with E-state index in [-0.39, 0.29) is 37.0 Å². The van der Waals surface area contributed by atoms with E-state index in [0.29, 0.717) is 29.8 Å². The maximum Gasteiger partial charge on any atom is 0.356 e. The lowest BCUT2D eigenvalue weighted by atomic mass is 10.2. The van der Waals surface area contributed by atoms with Gasteiger partial charge in [-0.15, -0.1) is 0 Å². The summed E-state index contributed by atoms with van der Waals surface area (Å²) in [6.45, 7) is 8.01. The van der Waals surface area contributed by atoms with E-state index in [1.807, 2.05) is 6.92 Å². The molecule has 0 unspecified atom stereocenters. The minimum Gasteiger partial charge on any atom is -0.383 e. The molecule has 156 valence electrons. The first kappa shape index (κ1) is 22.3. The monoisotopic (exact) mass is 413 g/mol. The lowest BCUT2D eigenvalue weighted by Crippen LogP contribution is -2.21. The third-order valence-electron chi connectivity index (χ3n) is 4.10.